The smallest absolute Gasteiger partial charge is 0.262 e. The van der Waals surface area contributed by atoms with Crippen molar-refractivity contribution in [2.75, 3.05) is 24.4 Å². The van der Waals surface area contributed by atoms with Crippen molar-refractivity contribution in [2.45, 2.75) is 31.1 Å². The first kappa shape index (κ1) is 19.2. The minimum atomic E-state index is -3.95. The number of carbonyl (C=O) groups is 1. The zero-order valence-electron chi connectivity index (χ0n) is 15.2. The standard InChI is InChI=1S/C19H23N3O4S/c1-2-26-16-12-15(13-20-14-16)21-27(24,25)18-9-5-4-8-17(18)19(23)22-10-6-3-7-11-22/h4-5,8-9,12-14,21H,2-3,6-7,10-11H2,1H3. The van der Waals surface area contributed by atoms with Crippen LogP contribution >= 0.6 is 0 Å². The predicted octanol–water partition coefficient (Wildman–Crippen LogP) is 2.91. The molecule has 3 rings (SSSR count). The SMILES string of the molecule is CCOc1cncc(NS(=O)(=O)c2ccccc2C(=O)N2CCCCC2)c1. The fourth-order valence-electron chi connectivity index (χ4n) is 3.08. The lowest BCUT2D eigenvalue weighted by atomic mass is 10.1. The average molecular weight is 389 g/mol. The third-order valence-electron chi connectivity index (χ3n) is 4.33. The Morgan fingerprint density at radius 1 is 1.19 bits per heavy atom. The molecule has 7 nitrogen and oxygen atoms in total. The molecule has 0 saturated carbocycles. The molecule has 0 spiro atoms. The second kappa shape index (κ2) is 8.39. The van der Waals surface area contributed by atoms with Gasteiger partial charge in [0.05, 0.1) is 30.3 Å². The van der Waals surface area contributed by atoms with Gasteiger partial charge in [0.25, 0.3) is 15.9 Å². The predicted molar refractivity (Wildman–Crippen MR) is 102 cm³/mol. The van der Waals surface area contributed by atoms with Gasteiger partial charge < -0.3 is 9.64 Å². The third-order valence-corrected chi connectivity index (χ3v) is 5.77. The number of pyridine rings is 1. The van der Waals surface area contributed by atoms with E-state index in [1.807, 2.05) is 6.92 Å². The molecule has 2 heterocycles. The van der Waals surface area contributed by atoms with Gasteiger partial charge in [-0.05, 0) is 38.3 Å². The van der Waals surface area contributed by atoms with Crippen LogP contribution in [0.2, 0.25) is 0 Å². The summed E-state index contributed by atoms with van der Waals surface area (Å²) >= 11 is 0. The molecule has 0 aliphatic carbocycles. The van der Waals surface area contributed by atoms with Crippen LogP contribution in [0.4, 0.5) is 5.69 Å². The molecule has 1 saturated heterocycles. The summed E-state index contributed by atoms with van der Waals surface area (Å²) in [4.78, 5) is 18.5. The zero-order chi connectivity index (χ0) is 19.3. The molecule has 1 aliphatic heterocycles. The van der Waals surface area contributed by atoms with Crippen molar-refractivity contribution in [1.82, 2.24) is 9.88 Å². The zero-order valence-corrected chi connectivity index (χ0v) is 16.0. The van der Waals surface area contributed by atoms with E-state index in [9.17, 15) is 13.2 Å². The van der Waals surface area contributed by atoms with Crippen molar-refractivity contribution in [3.05, 3.63) is 48.3 Å². The van der Waals surface area contributed by atoms with E-state index in [4.69, 9.17) is 4.74 Å². The Hall–Kier alpha value is -2.61. The van der Waals surface area contributed by atoms with Crippen LogP contribution in [-0.2, 0) is 10.0 Å². The van der Waals surface area contributed by atoms with Crippen LogP contribution in [0.1, 0.15) is 36.5 Å². The topological polar surface area (TPSA) is 88.6 Å². The number of likely N-dealkylation sites (tertiary alicyclic amines) is 1. The van der Waals surface area contributed by atoms with E-state index in [-0.39, 0.29) is 22.1 Å². The van der Waals surface area contributed by atoms with E-state index >= 15 is 0 Å². The fourth-order valence-corrected chi connectivity index (χ4v) is 4.31. The van der Waals surface area contributed by atoms with Gasteiger partial charge in [0.2, 0.25) is 0 Å². The monoisotopic (exact) mass is 389 g/mol. The summed E-state index contributed by atoms with van der Waals surface area (Å²) < 4.78 is 33.7. The number of amides is 1. The number of anilines is 1. The van der Waals surface area contributed by atoms with Crippen LogP contribution in [0.3, 0.4) is 0 Å². The molecule has 0 atom stereocenters. The van der Waals surface area contributed by atoms with Gasteiger partial charge in [-0.1, -0.05) is 12.1 Å². The lowest BCUT2D eigenvalue weighted by molar-refractivity contribution is 0.0720. The normalized spacial score (nSPS) is 14.6. The molecular formula is C19H23N3O4S. The highest BCUT2D eigenvalue weighted by Crippen LogP contribution is 2.23. The highest BCUT2D eigenvalue weighted by molar-refractivity contribution is 7.92. The Balaban J connectivity index is 1.88. The number of ether oxygens (including phenoxy) is 1. The van der Waals surface area contributed by atoms with E-state index in [2.05, 4.69) is 9.71 Å². The minimum Gasteiger partial charge on any atom is -0.492 e. The molecule has 8 heteroatoms. The summed E-state index contributed by atoms with van der Waals surface area (Å²) in [6.45, 7) is 3.59. The van der Waals surface area contributed by atoms with Gasteiger partial charge in [-0.25, -0.2) is 8.42 Å². The molecule has 144 valence electrons. The molecule has 1 fully saturated rings. The lowest BCUT2D eigenvalue weighted by Crippen LogP contribution is -2.36. The Bertz CT molecular complexity index is 909. The summed E-state index contributed by atoms with van der Waals surface area (Å²) in [5, 5.41) is 0. The van der Waals surface area contributed by atoms with Gasteiger partial charge in [-0.15, -0.1) is 0 Å². The maximum Gasteiger partial charge on any atom is 0.262 e. The first-order valence-corrected chi connectivity index (χ1v) is 10.5. The van der Waals surface area contributed by atoms with Crippen LogP contribution in [0.15, 0.2) is 47.6 Å². The molecule has 1 aromatic heterocycles. The molecule has 2 aromatic rings. The van der Waals surface area contributed by atoms with Crippen molar-refractivity contribution in [3.63, 3.8) is 0 Å². The Morgan fingerprint density at radius 2 is 1.93 bits per heavy atom. The quantitative estimate of drug-likeness (QED) is 0.821. The molecule has 27 heavy (non-hydrogen) atoms. The van der Waals surface area contributed by atoms with Crippen molar-refractivity contribution in [1.29, 1.82) is 0 Å². The second-order valence-electron chi connectivity index (χ2n) is 6.30. The summed E-state index contributed by atoms with van der Waals surface area (Å²) in [5.74, 6) is 0.215. The molecule has 1 N–H and O–H groups in total. The van der Waals surface area contributed by atoms with Crippen LogP contribution in [0.5, 0.6) is 5.75 Å². The molecule has 1 aromatic carbocycles. The van der Waals surface area contributed by atoms with E-state index in [0.717, 1.165) is 19.3 Å². The molecule has 1 aliphatic rings. The Morgan fingerprint density at radius 3 is 2.67 bits per heavy atom. The van der Waals surface area contributed by atoms with Crippen LogP contribution in [0.25, 0.3) is 0 Å². The maximum atomic E-state index is 12.9. The summed E-state index contributed by atoms with van der Waals surface area (Å²) in [7, 11) is -3.95. The molecule has 0 unspecified atom stereocenters. The number of nitrogens with zero attached hydrogens (tertiary/aromatic N) is 2. The first-order valence-electron chi connectivity index (χ1n) is 9.00. The number of benzene rings is 1. The highest BCUT2D eigenvalue weighted by Gasteiger charge is 2.26. The van der Waals surface area contributed by atoms with Crippen molar-refractivity contribution in [2.24, 2.45) is 0 Å². The van der Waals surface area contributed by atoms with Gasteiger partial charge in [0.15, 0.2) is 0 Å². The Kier molecular flexibility index (Phi) is 5.95. The lowest BCUT2D eigenvalue weighted by Gasteiger charge is -2.27. The molecule has 0 bridgehead atoms. The molecule has 1 amide bonds. The number of piperidine rings is 1. The Labute approximate surface area is 159 Å². The average Bonchev–Trinajstić information content (AvgIpc) is 2.68. The minimum absolute atomic E-state index is 0.0395. The van der Waals surface area contributed by atoms with Gasteiger partial charge in [-0.2, -0.15) is 0 Å². The summed E-state index contributed by atoms with van der Waals surface area (Å²) in [6, 6.07) is 7.84. The number of aromatic nitrogens is 1. The van der Waals surface area contributed by atoms with E-state index in [0.29, 0.717) is 25.4 Å². The van der Waals surface area contributed by atoms with Crippen LogP contribution in [-0.4, -0.2) is 43.9 Å². The number of hydrogen-bond acceptors (Lipinski definition) is 5. The largest absolute Gasteiger partial charge is 0.492 e. The highest BCUT2D eigenvalue weighted by atomic mass is 32.2. The number of carbonyl (C=O) groups excluding carboxylic acids is 1. The van der Waals surface area contributed by atoms with Gasteiger partial charge in [0, 0.05) is 19.2 Å². The maximum absolute atomic E-state index is 12.9. The van der Waals surface area contributed by atoms with Crippen molar-refractivity contribution >= 4 is 21.6 Å². The van der Waals surface area contributed by atoms with E-state index < -0.39 is 10.0 Å². The number of hydrogen-bond donors (Lipinski definition) is 1. The van der Waals surface area contributed by atoms with Crippen molar-refractivity contribution in [3.8, 4) is 5.75 Å². The first-order chi connectivity index (χ1) is 13.0. The van der Waals surface area contributed by atoms with Gasteiger partial charge >= 0.3 is 0 Å². The summed E-state index contributed by atoms with van der Waals surface area (Å²) in [5.41, 5.74) is 0.460. The third kappa shape index (κ3) is 4.57. The number of nitrogens with one attached hydrogen (secondary N) is 1. The number of sulfonamides is 1. The van der Waals surface area contributed by atoms with E-state index in [1.54, 1.807) is 29.2 Å². The second-order valence-corrected chi connectivity index (χ2v) is 7.95. The fraction of sp³-hybridized carbons (Fsp3) is 0.368. The molecular weight excluding hydrogens is 366 g/mol. The van der Waals surface area contributed by atoms with Gasteiger partial charge in [0.1, 0.15) is 10.6 Å². The van der Waals surface area contributed by atoms with Crippen LogP contribution < -0.4 is 9.46 Å². The van der Waals surface area contributed by atoms with Crippen molar-refractivity contribution < 1.29 is 17.9 Å². The van der Waals surface area contributed by atoms with Crippen LogP contribution in [0, 0.1) is 0 Å². The van der Waals surface area contributed by atoms with Gasteiger partial charge in [-0.3, -0.25) is 14.5 Å². The molecule has 0 radical (unpaired) electrons. The summed E-state index contributed by atoms with van der Waals surface area (Å²) in [6.07, 6.45) is 5.88. The van der Waals surface area contributed by atoms with E-state index in [1.165, 1.54) is 18.5 Å². The number of rotatable bonds is 6.